The molecule has 132 valence electrons. The summed E-state index contributed by atoms with van der Waals surface area (Å²) in [6.45, 7) is 1.26. The molecule has 24 heavy (non-hydrogen) atoms. The van der Waals surface area contributed by atoms with E-state index in [1.54, 1.807) is 18.2 Å². The largest absolute Gasteiger partial charge is 0.497 e. The second-order valence-corrected chi connectivity index (χ2v) is 7.26. The van der Waals surface area contributed by atoms with Crippen molar-refractivity contribution in [3.05, 3.63) is 44.6 Å². The molecule has 6 heteroatoms. The summed E-state index contributed by atoms with van der Waals surface area (Å²) in [5.74, 6) is 1.91. The van der Waals surface area contributed by atoms with Gasteiger partial charge in [0.1, 0.15) is 5.75 Å². The molecule has 0 unspecified atom stereocenters. The molecule has 0 radical (unpaired) electrons. The summed E-state index contributed by atoms with van der Waals surface area (Å²) in [5, 5.41) is 14.8. The van der Waals surface area contributed by atoms with E-state index in [0.29, 0.717) is 5.41 Å². The van der Waals surface area contributed by atoms with Crippen LogP contribution in [0.15, 0.2) is 18.2 Å². The first kappa shape index (κ1) is 17.0. The lowest BCUT2D eigenvalue weighted by molar-refractivity contribution is -0.402. The van der Waals surface area contributed by atoms with Crippen molar-refractivity contribution in [2.45, 2.75) is 50.0 Å². The SMILES string of the molecule is COc1ccc2c(c1)[C@]13CCCC[C@@H]1[C@H](C2)N(C)CC3.O=[N+]([O-])[O-]. The third kappa shape index (κ3) is 2.83. The van der Waals surface area contributed by atoms with Crippen molar-refractivity contribution in [1.82, 2.24) is 4.90 Å². The van der Waals surface area contributed by atoms with Crippen LogP contribution in [0.5, 0.6) is 5.75 Å². The molecule has 3 atom stereocenters. The summed E-state index contributed by atoms with van der Waals surface area (Å²) in [6, 6.07) is 7.60. The molecule has 2 bridgehead atoms. The molecule has 0 aromatic heterocycles. The normalized spacial score (nSPS) is 31.1. The highest BCUT2D eigenvalue weighted by atomic mass is 16.9. The molecule has 6 nitrogen and oxygen atoms in total. The highest BCUT2D eigenvalue weighted by molar-refractivity contribution is 5.45. The van der Waals surface area contributed by atoms with E-state index in [1.807, 2.05) is 0 Å². The summed E-state index contributed by atoms with van der Waals surface area (Å²) >= 11 is 0. The number of hydrogen-bond donors (Lipinski definition) is 0. The number of hydrogen-bond acceptors (Lipinski definition) is 5. The topological polar surface area (TPSA) is 78.7 Å². The van der Waals surface area contributed by atoms with Gasteiger partial charge in [0.25, 0.3) is 0 Å². The predicted octanol–water partition coefficient (Wildman–Crippen LogP) is 3.14. The van der Waals surface area contributed by atoms with Gasteiger partial charge in [-0.15, -0.1) is 0 Å². The van der Waals surface area contributed by atoms with Gasteiger partial charge in [-0.2, -0.15) is 0 Å². The van der Waals surface area contributed by atoms with Crippen molar-refractivity contribution in [1.29, 1.82) is 0 Å². The fourth-order valence-corrected chi connectivity index (χ4v) is 5.30. The fraction of sp³-hybridized carbons (Fsp3) is 0.667. The van der Waals surface area contributed by atoms with Gasteiger partial charge in [-0.1, -0.05) is 18.9 Å². The van der Waals surface area contributed by atoms with Crippen molar-refractivity contribution in [2.75, 3.05) is 20.7 Å². The predicted molar refractivity (Wildman–Crippen MR) is 91.7 cm³/mol. The maximum absolute atomic E-state index is 8.25. The molecule has 3 aliphatic rings. The van der Waals surface area contributed by atoms with Crippen LogP contribution in [-0.2, 0) is 11.8 Å². The molecule has 1 saturated heterocycles. The van der Waals surface area contributed by atoms with Crippen LogP contribution in [0.25, 0.3) is 0 Å². The van der Waals surface area contributed by atoms with Crippen molar-refractivity contribution >= 4 is 0 Å². The van der Waals surface area contributed by atoms with Crippen LogP contribution in [0.1, 0.15) is 43.2 Å². The third-order valence-corrected chi connectivity index (χ3v) is 6.32. The van der Waals surface area contributed by atoms with Crippen molar-refractivity contribution in [3.8, 4) is 5.75 Å². The van der Waals surface area contributed by atoms with E-state index in [-0.39, 0.29) is 0 Å². The molecule has 0 amide bonds. The average molecular weight is 333 g/mol. The number of fused-ring (bicyclic) bond motifs is 1. The lowest BCUT2D eigenvalue weighted by Gasteiger charge is -2.58. The molecule has 0 spiro atoms. The van der Waals surface area contributed by atoms with E-state index >= 15 is 0 Å². The van der Waals surface area contributed by atoms with Gasteiger partial charge in [-0.05, 0) is 68.5 Å². The summed E-state index contributed by atoms with van der Waals surface area (Å²) in [7, 11) is 4.12. The van der Waals surface area contributed by atoms with Crippen LogP contribution in [0.4, 0.5) is 0 Å². The van der Waals surface area contributed by atoms with Crippen LogP contribution < -0.4 is 4.74 Å². The number of rotatable bonds is 1. The second kappa shape index (κ2) is 6.59. The lowest BCUT2D eigenvalue weighted by atomic mass is 9.52. The minimum Gasteiger partial charge on any atom is -0.497 e. The molecule has 1 heterocycles. The lowest BCUT2D eigenvalue weighted by Crippen LogP contribution is -2.59. The number of likely N-dealkylation sites (tertiary alicyclic amines) is 1. The van der Waals surface area contributed by atoms with Crippen molar-refractivity contribution < 1.29 is 9.82 Å². The zero-order valence-electron chi connectivity index (χ0n) is 14.4. The number of ether oxygens (including phenoxy) is 1. The smallest absolute Gasteiger partial charge is 0.119 e. The van der Waals surface area contributed by atoms with Gasteiger partial charge in [-0.25, -0.2) is 0 Å². The summed E-state index contributed by atoms with van der Waals surface area (Å²) in [5.41, 5.74) is 3.67. The van der Waals surface area contributed by atoms with Crippen molar-refractivity contribution in [2.24, 2.45) is 5.92 Å². The van der Waals surface area contributed by atoms with Gasteiger partial charge in [0.05, 0.1) is 12.2 Å². The number of benzene rings is 1. The summed E-state index contributed by atoms with van der Waals surface area (Å²) in [4.78, 5) is 10.9. The Morgan fingerprint density at radius 1 is 1.29 bits per heavy atom. The van der Waals surface area contributed by atoms with E-state index in [0.717, 1.165) is 17.7 Å². The molecule has 4 rings (SSSR count). The Balaban J connectivity index is 0.000000383. The Labute approximate surface area is 142 Å². The maximum Gasteiger partial charge on any atom is 0.119 e. The van der Waals surface area contributed by atoms with Crippen LogP contribution in [0, 0.1) is 21.2 Å². The minimum absolute atomic E-state index is 0.456. The van der Waals surface area contributed by atoms with Crippen LogP contribution >= 0.6 is 0 Å². The monoisotopic (exact) mass is 333 g/mol. The van der Waals surface area contributed by atoms with Crippen LogP contribution in [0.2, 0.25) is 0 Å². The van der Waals surface area contributed by atoms with Gasteiger partial charge in [0.2, 0.25) is 0 Å². The number of methoxy groups -OCH3 is 1. The molecule has 1 aromatic rings. The van der Waals surface area contributed by atoms with Crippen molar-refractivity contribution in [3.63, 3.8) is 0 Å². The van der Waals surface area contributed by atoms with E-state index in [4.69, 9.17) is 20.1 Å². The zero-order valence-corrected chi connectivity index (χ0v) is 14.4. The Bertz CT molecular complexity index is 617. The van der Waals surface area contributed by atoms with Crippen LogP contribution in [0.3, 0.4) is 0 Å². The highest BCUT2D eigenvalue weighted by Gasteiger charge is 2.53. The first-order chi connectivity index (χ1) is 11.5. The quantitative estimate of drug-likeness (QED) is 0.583. The average Bonchev–Trinajstić information content (AvgIpc) is 2.57. The van der Waals surface area contributed by atoms with E-state index in [1.165, 1.54) is 45.1 Å². The van der Waals surface area contributed by atoms with Gasteiger partial charge in [0, 0.05) is 11.5 Å². The van der Waals surface area contributed by atoms with Gasteiger partial charge >= 0.3 is 0 Å². The standard InChI is InChI=1S/C18H25NO.NO3/c1-19-10-9-18-8-4-3-5-15(18)17(19)11-13-6-7-14(20-2)12-16(13)18;2-1(3)4/h6-7,12,15,17H,3-5,8-11H2,1-2H3;/q;-1/t15-,17+,18+;/m1./s1. The second-order valence-electron chi connectivity index (χ2n) is 7.26. The number of likely N-dealkylation sites (N-methyl/N-ethyl adjacent to an activating group) is 1. The Morgan fingerprint density at radius 2 is 2.04 bits per heavy atom. The van der Waals surface area contributed by atoms with Gasteiger partial charge in [-0.3, -0.25) is 0 Å². The molecular formula is C18H25N2O4-. The molecular weight excluding hydrogens is 308 g/mol. The first-order valence-electron chi connectivity index (χ1n) is 8.67. The molecule has 2 aliphatic carbocycles. The minimum atomic E-state index is -1.75. The molecule has 0 N–H and O–H groups in total. The van der Waals surface area contributed by atoms with E-state index < -0.39 is 5.09 Å². The molecule has 2 fully saturated rings. The maximum atomic E-state index is 8.25. The Kier molecular flexibility index (Phi) is 4.67. The first-order valence-corrected chi connectivity index (χ1v) is 8.67. The third-order valence-electron chi connectivity index (χ3n) is 6.32. The Morgan fingerprint density at radius 3 is 2.75 bits per heavy atom. The number of piperidine rings is 1. The zero-order chi connectivity index (χ0) is 17.3. The fourth-order valence-electron chi connectivity index (χ4n) is 5.30. The summed E-state index contributed by atoms with van der Waals surface area (Å²) in [6.07, 6.45) is 8.22. The van der Waals surface area contributed by atoms with Gasteiger partial charge < -0.3 is 25.0 Å². The number of nitrogens with zero attached hydrogens (tertiary/aromatic N) is 2. The van der Waals surface area contributed by atoms with Gasteiger partial charge in [0.15, 0.2) is 0 Å². The van der Waals surface area contributed by atoms with E-state index in [9.17, 15) is 0 Å². The highest BCUT2D eigenvalue weighted by Crippen LogP contribution is 2.55. The van der Waals surface area contributed by atoms with E-state index in [2.05, 4.69) is 30.1 Å². The molecule has 1 aliphatic heterocycles. The molecule has 1 saturated carbocycles. The van der Waals surface area contributed by atoms with Crippen LogP contribution in [-0.4, -0.2) is 36.7 Å². The Hall–Kier alpha value is -1.82. The molecule has 1 aromatic carbocycles. The summed E-state index contributed by atoms with van der Waals surface area (Å²) < 4.78 is 5.51.